The Labute approximate surface area is 140 Å². The van der Waals surface area contributed by atoms with Crippen LogP contribution in [-0.2, 0) is 23.6 Å². The number of alkyl halides is 6. The van der Waals surface area contributed by atoms with Crippen LogP contribution in [0, 0.1) is 11.8 Å². The average molecular weight is 371 g/mol. The molecule has 1 aromatic carbocycles. The van der Waals surface area contributed by atoms with Gasteiger partial charge in [-0.05, 0) is 42.9 Å². The van der Waals surface area contributed by atoms with E-state index in [0.29, 0.717) is 6.07 Å². The number of benzene rings is 1. The molecule has 0 saturated heterocycles. The molecule has 0 bridgehead atoms. The molecule has 0 saturated carbocycles. The van der Waals surface area contributed by atoms with Gasteiger partial charge in [0.05, 0.1) is 17.0 Å². The van der Waals surface area contributed by atoms with Gasteiger partial charge in [-0.15, -0.1) is 0 Å². The van der Waals surface area contributed by atoms with Gasteiger partial charge in [0.1, 0.15) is 0 Å². The SMILES string of the molecule is CC(CCc1ccc(C(F)(F)F)cc1C(F)(F)F)CC(CN)C(=O)O. The zero-order valence-electron chi connectivity index (χ0n) is 13.4. The van der Waals surface area contributed by atoms with Crippen LogP contribution in [0.15, 0.2) is 18.2 Å². The van der Waals surface area contributed by atoms with Gasteiger partial charge in [-0.25, -0.2) is 0 Å². The first kappa shape index (κ1) is 21.3. The summed E-state index contributed by atoms with van der Waals surface area (Å²) in [5, 5.41) is 8.93. The molecular formula is C16H19F6NO2. The monoisotopic (exact) mass is 371 g/mol. The second-order valence-electron chi connectivity index (χ2n) is 6.02. The first-order chi connectivity index (χ1) is 11.4. The number of aliphatic carboxylic acids is 1. The highest BCUT2D eigenvalue weighted by atomic mass is 19.4. The molecule has 0 heterocycles. The molecule has 25 heavy (non-hydrogen) atoms. The van der Waals surface area contributed by atoms with Crippen molar-refractivity contribution >= 4 is 5.97 Å². The maximum atomic E-state index is 13.0. The number of carboxylic acid groups (broad SMARTS) is 1. The summed E-state index contributed by atoms with van der Waals surface area (Å²) < 4.78 is 77.0. The lowest BCUT2D eigenvalue weighted by Crippen LogP contribution is -2.25. The smallest absolute Gasteiger partial charge is 0.416 e. The first-order valence-electron chi connectivity index (χ1n) is 7.56. The van der Waals surface area contributed by atoms with Gasteiger partial charge in [0.15, 0.2) is 0 Å². The lowest BCUT2D eigenvalue weighted by Gasteiger charge is -2.19. The fourth-order valence-corrected chi connectivity index (χ4v) is 2.54. The van der Waals surface area contributed by atoms with Gasteiger partial charge < -0.3 is 10.8 Å². The summed E-state index contributed by atoms with van der Waals surface area (Å²) in [6.45, 7) is 1.58. The van der Waals surface area contributed by atoms with Gasteiger partial charge >= 0.3 is 18.3 Å². The average Bonchev–Trinajstić information content (AvgIpc) is 2.48. The van der Waals surface area contributed by atoms with Gasteiger partial charge in [-0.3, -0.25) is 4.79 Å². The maximum absolute atomic E-state index is 13.0. The Morgan fingerprint density at radius 2 is 1.76 bits per heavy atom. The van der Waals surface area contributed by atoms with E-state index in [1.54, 1.807) is 6.92 Å². The highest BCUT2D eigenvalue weighted by molar-refractivity contribution is 5.70. The molecule has 0 radical (unpaired) electrons. The van der Waals surface area contributed by atoms with Crippen molar-refractivity contribution in [2.24, 2.45) is 17.6 Å². The lowest BCUT2D eigenvalue weighted by atomic mass is 9.89. The molecule has 1 rings (SSSR count). The highest BCUT2D eigenvalue weighted by Gasteiger charge is 2.38. The Bertz CT molecular complexity index is 597. The number of aryl methyl sites for hydroxylation is 1. The molecule has 0 aromatic heterocycles. The minimum absolute atomic E-state index is 0.0895. The zero-order valence-corrected chi connectivity index (χ0v) is 13.4. The van der Waals surface area contributed by atoms with E-state index >= 15 is 0 Å². The number of hydrogen-bond donors (Lipinski definition) is 2. The summed E-state index contributed by atoms with van der Waals surface area (Å²) in [5.74, 6) is -2.13. The largest absolute Gasteiger partial charge is 0.481 e. The third-order valence-corrected chi connectivity index (χ3v) is 3.97. The third-order valence-electron chi connectivity index (χ3n) is 3.97. The summed E-state index contributed by atoms with van der Waals surface area (Å²) in [5.41, 5.74) is 2.42. The minimum atomic E-state index is -4.90. The van der Waals surface area contributed by atoms with E-state index in [0.717, 1.165) is 6.07 Å². The third kappa shape index (κ3) is 6.22. The molecule has 0 aliphatic carbocycles. The molecule has 2 unspecified atom stereocenters. The molecule has 0 amide bonds. The van der Waals surface area contributed by atoms with Crippen LogP contribution in [-0.4, -0.2) is 17.6 Å². The molecule has 0 aliphatic heterocycles. The number of halogens is 6. The fourth-order valence-electron chi connectivity index (χ4n) is 2.54. The van der Waals surface area contributed by atoms with Gasteiger partial charge in [0, 0.05) is 6.54 Å². The van der Waals surface area contributed by atoms with Crippen LogP contribution in [0.25, 0.3) is 0 Å². The van der Waals surface area contributed by atoms with E-state index in [2.05, 4.69) is 0 Å². The molecule has 142 valence electrons. The van der Waals surface area contributed by atoms with E-state index in [4.69, 9.17) is 10.8 Å². The van der Waals surface area contributed by atoms with Crippen molar-refractivity contribution in [3.8, 4) is 0 Å². The van der Waals surface area contributed by atoms with Gasteiger partial charge in [0.2, 0.25) is 0 Å². The van der Waals surface area contributed by atoms with Gasteiger partial charge in [-0.1, -0.05) is 13.0 Å². The zero-order chi connectivity index (χ0) is 19.4. The maximum Gasteiger partial charge on any atom is 0.416 e. The van der Waals surface area contributed by atoms with E-state index in [1.165, 1.54) is 0 Å². The molecule has 0 fully saturated rings. The van der Waals surface area contributed by atoms with E-state index in [-0.39, 0.29) is 43.4 Å². The van der Waals surface area contributed by atoms with Crippen LogP contribution in [0.3, 0.4) is 0 Å². The summed E-state index contributed by atoms with van der Waals surface area (Å²) in [7, 11) is 0. The Balaban J connectivity index is 2.93. The minimum Gasteiger partial charge on any atom is -0.481 e. The van der Waals surface area contributed by atoms with E-state index < -0.39 is 35.4 Å². The topological polar surface area (TPSA) is 63.3 Å². The predicted octanol–water partition coefficient (Wildman–Crippen LogP) is 4.34. The summed E-state index contributed by atoms with van der Waals surface area (Å²) in [6, 6.07) is 1.56. The standard InChI is InChI=1S/C16H19F6NO2/c1-9(6-11(8-23)14(24)25)2-3-10-4-5-12(15(17,18)19)7-13(10)16(20,21)22/h4-5,7,9,11H,2-3,6,8,23H2,1H3,(H,24,25). The lowest BCUT2D eigenvalue weighted by molar-refractivity contribution is -0.144. The second kappa shape index (κ2) is 8.07. The number of nitrogens with two attached hydrogens (primary N) is 1. The van der Waals surface area contributed by atoms with E-state index in [1.807, 2.05) is 0 Å². The Morgan fingerprint density at radius 1 is 1.16 bits per heavy atom. The highest BCUT2D eigenvalue weighted by Crippen LogP contribution is 2.38. The molecule has 3 N–H and O–H groups in total. The van der Waals surface area contributed by atoms with Crippen molar-refractivity contribution in [1.82, 2.24) is 0 Å². The Kier molecular flexibility index (Phi) is 6.87. The molecule has 1 aromatic rings. The fraction of sp³-hybridized carbons (Fsp3) is 0.562. The van der Waals surface area contributed by atoms with Crippen LogP contribution in [0.2, 0.25) is 0 Å². The number of rotatable bonds is 7. The summed E-state index contributed by atoms with van der Waals surface area (Å²) >= 11 is 0. The van der Waals surface area contributed by atoms with Gasteiger partial charge in [-0.2, -0.15) is 26.3 Å². The van der Waals surface area contributed by atoms with E-state index in [9.17, 15) is 31.1 Å². The normalized spacial score (nSPS) is 15.0. The number of hydrogen-bond acceptors (Lipinski definition) is 2. The second-order valence-corrected chi connectivity index (χ2v) is 6.02. The summed E-state index contributed by atoms with van der Waals surface area (Å²) in [4.78, 5) is 10.9. The van der Waals surface area contributed by atoms with Crippen LogP contribution in [0.1, 0.15) is 36.5 Å². The molecule has 9 heteroatoms. The molecule has 2 atom stereocenters. The van der Waals surface area contributed by atoms with Crippen molar-refractivity contribution in [2.45, 2.75) is 38.5 Å². The van der Waals surface area contributed by atoms with Crippen LogP contribution in [0.4, 0.5) is 26.3 Å². The quantitative estimate of drug-likeness (QED) is 0.701. The van der Waals surface area contributed by atoms with Crippen LogP contribution >= 0.6 is 0 Å². The predicted molar refractivity (Wildman–Crippen MR) is 78.7 cm³/mol. The number of carbonyl (C=O) groups is 1. The number of carboxylic acids is 1. The molecule has 3 nitrogen and oxygen atoms in total. The van der Waals surface area contributed by atoms with Crippen molar-refractivity contribution in [3.05, 3.63) is 34.9 Å². The molecular weight excluding hydrogens is 352 g/mol. The summed E-state index contributed by atoms with van der Waals surface area (Å²) in [6.07, 6.45) is -9.47. The Hall–Kier alpha value is -1.77. The van der Waals surface area contributed by atoms with Crippen LogP contribution < -0.4 is 5.73 Å². The molecule has 0 aliphatic rings. The van der Waals surface area contributed by atoms with Crippen molar-refractivity contribution < 1.29 is 36.2 Å². The van der Waals surface area contributed by atoms with Crippen LogP contribution in [0.5, 0.6) is 0 Å². The van der Waals surface area contributed by atoms with Crippen molar-refractivity contribution in [1.29, 1.82) is 0 Å². The van der Waals surface area contributed by atoms with Gasteiger partial charge in [0.25, 0.3) is 0 Å². The molecule has 0 spiro atoms. The first-order valence-corrected chi connectivity index (χ1v) is 7.56. The Morgan fingerprint density at radius 3 is 2.20 bits per heavy atom. The van der Waals surface area contributed by atoms with Crippen molar-refractivity contribution in [2.75, 3.05) is 6.54 Å². The van der Waals surface area contributed by atoms with Crippen molar-refractivity contribution in [3.63, 3.8) is 0 Å².